The Balaban J connectivity index is 1.20. The van der Waals surface area contributed by atoms with Gasteiger partial charge in [0.25, 0.3) is 0 Å². The van der Waals surface area contributed by atoms with Crippen molar-refractivity contribution in [1.29, 1.82) is 5.26 Å². The molecule has 4 saturated heterocycles. The normalized spacial score (nSPS) is 30.9. The molecule has 492 valence electrons. The number of nitrogens with one attached hydrogen (secondary N) is 1. The predicted octanol–water partition coefficient (Wildman–Crippen LogP) is 8.50. The molecule has 90 heavy (non-hydrogen) atoms. The van der Waals surface area contributed by atoms with Crippen molar-refractivity contribution in [2.75, 3.05) is 54.0 Å². The number of nitrogens with zero attached hydrogens (tertiary/aromatic N) is 1. The van der Waals surface area contributed by atoms with E-state index in [4.69, 9.17) is 80.5 Å². The first kappa shape index (κ1) is 69.8. The second-order valence-electron chi connectivity index (χ2n) is 23.1. The van der Waals surface area contributed by atoms with E-state index in [1.165, 1.54) is 20.8 Å². The molecule has 1 amide bonds. The lowest BCUT2D eigenvalue weighted by molar-refractivity contribution is -0.373. The van der Waals surface area contributed by atoms with Crippen LogP contribution in [0.25, 0.3) is 0 Å². The van der Waals surface area contributed by atoms with Crippen molar-refractivity contribution < 1.29 is 94.9 Å². The van der Waals surface area contributed by atoms with Gasteiger partial charge in [0.05, 0.1) is 104 Å². The Bertz CT molecular complexity index is 2900. The molecule has 8 rings (SSSR count). The number of methoxy groups -OCH3 is 4. The summed E-state index contributed by atoms with van der Waals surface area (Å²) in [5.41, 5.74) is 2.45. The summed E-state index contributed by atoms with van der Waals surface area (Å²) in [6.07, 6.45) is -12.7. The van der Waals surface area contributed by atoms with Crippen LogP contribution in [0.4, 0.5) is 0 Å². The summed E-state index contributed by atoms with van der Waals surface area (Å²) in [6.45, 7) is 14.2. The molecule has 19 atom stereocenters. The van der Waals surface area contributed by atoms with E-state index < -0.39 is 115 Å². The van der Waals surface area contributed by atoms with E-state index in [1.54, 1.807) is 28.4 Å². The average molecular weight is 1270 g/mol. The van der Waals surface area contributed by atoms with Gasteiger partial charge in [-0.3, -0.25) is 14.4 Å². The molecule has 22 nitrogen and oxygen atoms in total. The zero-order chi connectivity index (χ0) is 64.4. The maximum atomic E-state index is 13.7. The molecule has 0 aromatic heterocycles. The van der Waals surface area contributed by atoms with Crippen LogP contribution < -0.4 is 24.3 Å². The highest BCUT2D eigenvalue weighted by molar-refractivity contribution is 8.00. The van der Waals surface area contributed by atoms with Gasteiger partial charge in [-0.05, 0) is 89.5 Å². The van der Waals surface area contributed by atoms with Crippen molar-refractivity contribution >= 4 is 29.6 Å². The van der Waals surface area contributed by atoms with Crippen molar-refractivity contribution in [1.82, 2.24) is 5.32 Å². The molecule has 1 N–H and O–H groups in total. The molecule has 4 aromatic carbocycles. The Kier molecular flexibility index (Phi) is 26.3. The van der Waals surface area contributed by atoms with Crippen molar-refractivity contribution in [2.45, 2.75) is 173 Å². The average Bonchev–Trinajstić information content (AvgIpc) is 0.819. The lowest BCUT2D eigenvalue weighted by Crippen LogP contribution is -2.68. The number of nitriles is 1. The van der Waals surface area contributed by atoms with E-state index in [0.29, 0.717) is 23.0 Å². The summed E-state index contributed by atoms with van der Waals surface area (Å²) >= 11 is 1.11. The fourth-order valence-electron chi connectivity index (χ4n) is 11.4. The Morgan fingerprint density at radius 1 is 0.500 bits per heavy atom. The number of carbonyl (C=O) groups excluding carboxylic acids is 3. The fourth-order valence-corrected chi connectivity index (χ4v) is 12.3. The van der Waals surface area contributed by atoms with Gasteiger partial charge in [0.2, 0.25) is 5.91 Å². The first-order chi connectivity index (χ1) is 43.4. The zero-order valence-corrected chi connectivity index (χ0v) is 54.2. The smallest absolute Gasteiger partial charge is 0.302 e. The molecule has 4 heterocycles. The highest BCUT2D eigenvalue weighted by Crippen LogP contribution is 2.42. The molecule has 10 unspecified atom stereocenters. The largest absolute Gasteiger partial charge is 0.497 e. The molecular formula is C67H88N2O20S. The van der Waals surface area contributed by atoms with Crippen molar-refractivity contribution in [3.05, 3.63) is 119 Å². The number of carbonyl (C=O) groups is 3. The minimum Gasteiger partial charge on any atom is -0.497 e. The molecule has 0 radical (unpaired) electrons. The molecule has 4 aliphatic heterocycles. The van der Waals surface area contributed by atoms with Crippen LogP contribution in [-0.2, 0) is 102 Å². The Morgan fingerprint density at radius 2 is 0.922 bits per heavy atom. The van der Waals surface area contributed by atoms with Crippen LogP contribution in [0.5, 0.6) is 23.0 Å². The van der Waals surface area contributed by atoms with Gasteiger partial charge in [0, 0.05) is 32.6 Å². The zero-order valence-electron chi connectivity index (χ0n) is 53.4. The Labute approximate surface area is 532 Å². The third-order valence-electron chi connectivity index (χ3n) is 16.9. The van der Waals surface area contributed by atoms with Crippen molar-refractivity contribution in [3.8, 4) is 29.1 Å². The van der Waals surface area contributed by atoms with Gasteiger partial charge in [-0.1, -0.05) is 76.2 Å². The van der Waals surface area contributed by atoms with Crippen LogP contribution in [0.3, 0.4) is 0 Å². The second-order valence-corrected chi connectivity index (χ2v) is 24.2. The van der Waals surface area contributed by atoms with Gasteiger partial charge in [0.1, 0.15) is 78.3 Å². The lowest BCUT2D eigenvalue weighted by Gasteiger charge is -2.52. The van der Waals surface area contributed by atoms with E-state index in [1.807, 2.05) is 132 Å². The lowest BCUT2D eigenvalue weighted by atomic mass is 9.83. The molecule has 4 aromatic rings. The molecule has 0 saturated carbocycles. The standard InChI is InChI=1S/C67H88N2O20S/c1-38-31-83-64(62(81-34-48-17-25-52(75-11)26-18-48)57(38)79-32-46-13-21-50(73-9)22-14-46)87-59-40(3)39(2)54(36-77-44(7)71)85-65(59)89-61-56(69-43(6)70)67(90-30-29-68)86-55(37-78-45(8)72)60(61)88-66-63(82-35-49-19-27-53(76-12)28-20-49)58(41(4)42(5)84-66)80-33-47-15-23-51(74-10)24-16-47/h13-28,38-42,54-67H,30-37H2,1-12H3,(H,69,70)/t38-,39-,40?,41-,42?,54?,55?,56?,57?,58?,59?,60-,61?,62?,63+,64+,65+,66+,67+/m1/s1. The van der Waals surface area contributed by atoms with Crippen LogP contribution >= 0.6 is 11.8 Å². The maximum absolute atomic E-state index is 13.7. The number of esters is 2. The minimum absolute atomic E-state index is 0.0728. The van der Waals surface area contributed by atoms with E-state index in [-0.39, 0.29) is 69.8 Å². The second kappa shape index (κ2) is 34.0. The SMILES string of the molecule is COc1ccc(COC2C(OCc3ccc(OC)cc3)[C@H](C)CO[C@H]2OC2C(C)[C@@H](C)C(COC(C)=O)O[C@H]2OC2C(NC(C)=O)[C@H](SCC#N)OC(COC(C)=O)[C@H]2O[C@@H]2OC(C)[C@@H](C)C(OCc3ccc(OC)cc3)[C@@H]2OCc2ccc(OC)cc2)cc1. The van der Waals surface area contributed by atoms with Crippen LogP contribution in [-0.4, -0.2) is 163 Å². The minimum atomic E-state index is -1.36. The predicted molar refractivity (Wildman–Crippen MR) is 328 cm³/mol. The summed E-state index contributed by atoms with van der Waals surface area (Å²) < 4.78 is 110. The molecular weight excluding hydrogens is 1180 g/mol. The van der Waals surface area contributed by atoms with E-state index in [2.05, 4.69) is 11.4 Å². The quantitative estimate of drug-likeness (QED) is 0.0501. The fraction of sp³-hybridized carbons (Fsp3) is 0.582. The number of rotatable bonds is 29. The first-order valence-corrected chi connectivity index (χ1v) is 31.5. The third kappa shape index (κ3) is 18.8. The van der Waals surface area contributed by atoms with Gasteiger partial charge in [0.15, 0.2) is 18.9 Å². The van der Waals surface area contributed by atoms with Gasteiger partial charge in [-0.25, -0.2) is 0 Å². The van der Waals surface area contributed by atoms with Gasteiger partial charge >= 0.3 is 11.9 Å². The summed E-state index contributed by atoms with van der Waals surface area (Å²) in [7, 11) is 6.42. The summed E-state index contributed by atoms with van der Waals surface area (Å²) in [6, 6.07) is 31.3. The Morgan fingerprint density at radius 3 is 1.38 bits per heavy atom. The monoisotopic (exact) mass is 1270 g/mol. The summed E-state index contributed by atoms with van der Waals surface area (Å²) in [5.74, 6) is -0.116. The Hall–Kier alpha value is -6.11. The molecule has 4 aliphatic rings. The molecule has 0 bridgehead atoms. The van der Waals surface area contributed by atoms with E-state index >= 15 is 0 Å². The topological polar surface area (TPSA) is 244 Å². The van der Waals surface area contributed by atoms with Gasteiger partial charge in [-0.15, -0.1) is 11.8 Å². The van der Waals surface area contributed by atoms with Gasteiger partial charge in [-0.2, -0.15) is 5.26 Å². The number of benzene rings is 4. The highest BCUT2D eigenvalue weighted by atomic mass is 32.2. The first-order valence-electron chi connectivity index (χ1n) is 30.4. The summed E-state index contributed by atoms with van der Waals surface area (Å²) in [5, 5.41) is 13.1. The van der Waals surface area contributed by atoms with E-state index in [0.717, 1.165) is 34.0 Å². The van der Waals surface area contributed by atoms with Crippen LogP contribution in [0.2, 0.25) is 0 Å². The maximum Gasteiger partial charge on any atom is 0.302 e. The van der Waals surface area contributed by atoms with E-state index in [9.17, 15) is 19.6 Å². The molecule has 4 fully saturated rings. The van der Waals surface area contributed by atoms with Crippen molar-refractivity contribution in [3.63, 3.8) is 0 Å². The number of hydrogen-bond donors (Lipinski definition) is 1. The van der Waals surface area contributed by atoms with Crippen LogP contribution in [0, 0.1) is 35.0 Å². The molecule has 23 heteroatoms. The van der Waals surface area contributed by atoms with Crippen LogP contribution in [0.1, 0.15) is 77.6 Å². The number of thioether (sulfide) groups is 1. The third-order valence-corrected chi connectivity index (χ3v) is 17.9. The van der Waals surface area contributed by atoms with Crippen molar-refractivity contribution in [2.24, 2.45) is 23.7 Å². The number of amides is 1. The number of hydrogen-bond acceptors (Lipinski definition) is 22. The molecule has 0 spiro atoms. The molecule has 0 aliphatic carbocycles. The summed E-state index contributed by atoms with van der Waals surface area (Å²) in [4.78, 5) is 39.1. The number of ether oxygens (including phenoxy) is 17. The highest BCUT2D eigenvalue weighted by Gasteiger charge is 2.56. The van der Waals surface area contributed by atoms with Gasteiger partial charge < -0.3 is 85.8 Å². The van der Waals surface area contributed by atoms with Crippen LogP contribution in [0.15, 0.2) is 97.1 Å².